The summed E-state index contributed by atoms with van der Waals surface area (Å²) in [5, 5.41) is 0. The highest BCUT2D eigenvalue weighted by molar-refractivity contribution is 5.47. The minimum absolute atomic E-state index is 0.466. The minimum atomic E-state index is 0.466. The summed E-state index contributed by atoms with van der Waals surface area (Å²) in [5.41, 5.74) is 5.47. The molecule has 0 fully saturated rings. The second-order valence-electron chi connectivity index (χ2n) is 7.80. The molecule has 0 aliphatic heterocycles. The zero-order chi connectivity index (χ0) is 22.7. The van der Waals surface area contributed by atoms with E-state index >= 15 is 0 Å². The molecule has 166 valence electrons. The molecule has 0 bridgehead atoms. The minimum Gasteiger partial charge on any atom is -0.489 e. The topological polar surface area (TPSA) is 27.7 Å². The van der Waals surface area contributed by atoms with Crippen LogP contribution >= 0.6 is 0 Å². The Hall–Kier alpha value is -3.82. The molecule has 0 amide bonds. The second kappa shape index (κ2) is 11.7. The summed E-state index contributed by atoms with van der Waals surface area (Å²) in [4.78, 5) is 0. The van der Waals surface area contributed by atoms with Crippen LogP contribution in [0.3, 0.4) is 0 Å². The summed E-state index contributed by atoms with van der Waals surface area (Å²) in [7, 11) is 0. The third kappa shape index (κ3) is 7.09. The maximum Gasteiger partial charge on any atom is 0.123 e. The fourth-order valence-electron chi connectivity index (χ4n) is 3.40. The van der Waals surface area contributed by atoms with Crippen LogP contribution < -0.4 is 9.47 Å². The highest BCUT2D eigenvalue weighted by atomic mass is 16.5. The van der Waals surface area contributed by atoms with E-state index in [1.54, 1.807) is 0 Å². The Labute approximate surface area is 195 Å². The van der Waals surface area contributed by atoms with Crippen LogP contribution in [-0.4, -0.2) is 0 Å². The Morgan fingerprint density at radius 1 is 0.515 bits per heavy atom. The largest absolute Gasteiger partial charge is 0.489 e. The van der Waals surface area contributed by atoms with Crippen LogP contribution in [0.1, 0.15) is 27.8 Å². The first-order chi connectivity index (χ1) is 16.3. The summed E-state index contributed by atoms with van der Waals surface area (Å²) >= 11 is 0. The molecule has 0 spiro atoms. The summed E-state index contributed by atoms with van der Waals surface area (Å²) in [6.07, 6.45) is 1.84. The van der Waals surface area contributed by atoms with Gasteiger partial charge in [-0.05, 0) is 39.9 Å². The maximum absolute atomic E-state index is 6.07. The van der Waals surface area contributed by atoms with Gasteiger partial charge in [0.25, 0.3) is 0 Å². The number of rotatable bonds is 11. The Bertz CT molecular complexity index is 1070. The smallest absolute Gasteiger partial charge is 0.123 e. The molecule has 0 unspecified atom stereocenters. The lowest BCUT2D eigenvalue weighted by atomic mass is 10.1. The van der Waals surface area contributed by atoms with Crippen molar-refractivity contribution in [3.8, 4) is 11.5 Å². The lowest BCUT2D eigenvalue weighted by Gasteiger charge is -2.13. The highest BCUT2D eigenvalue weighted by Gasteiger charge is 2.06. The number of hydrogen-bond donors (Lipinski definition) is 0. The SMILES string of the molecule is C=Cc1ccc(COCc2cc(OCc3ccccc3)cc(OCc3ccccc3)c2)cc1. The van der Waals surface area contributed by atoms with Crippen LogP contribution in [0.15, 0.2) is 110 Å². The van der Waals surface area contributed by atoms with Crippen molar-refractivity contribution in [3.63, 3.8) is 0 Å². The van der Waals surface area contributed by atoms with Gasteiger partial charge in [-0.25, -0.2) is 0 Å². The zero-order valence-corrected chi connectivity index (χ0v) is 18.7. The van der Waals surface area contributed by atoms with Gasteiger partial charge < -0.3 is 14.2 Å². The second-order valence-corrected chi connectivity index (χ2v) is 7.80. The molecule has 4 rings (SSSR count). The Morgan fingerprint density at radius 3 is 1.52 bits per heavy atom. The molecule has 4 aromatic carbocycles. The average Bonchev–Trinajstić information content (AvgIpc) is 2.88. The molecule has 0 heterocycles. The van der Waals surface area contributed by atoms with Crippen LogP contribution in [0.4, 0.5) is 0 Å². The Balaban J connectivity index is 1.42. The average molecular weight is 437 g/mol. The van der Waals surface area contributed by atoms with E-state index in [0.29, 0.717) is 26.4 Å². The third-order valence-corrected chi connectivity index (χ3v) is 5.19. The van der Waals surface area contributed by atoms with Crippen LogP contribution in [0.2, 0.25) is 0 Å². The van der Waals surface area contributed by atoms with E-state index in [2.05, 4.69) is 43.0 Å². The number of hydrogen-bond acceptors (Lipinski definition) is 3. The molecule has 0 aliphatic carbocycles. The van der Waals surface area contributed by atoms with Crippen LogP contribution in [0, 0.1) is 0 Å². The third-order valence-electron chi connectivity index (χ3n) is 5.19. The predicted molar refractivity (Wildman–Crippen MR) is 133 cm³/mol. The van der Waals surface area contributed by atoms with Gasteiger partial charge in [-0.3, -0.25) is 0 Å². The first kappa shape index (κ1) is 22.4. The van der Waals surface area contributed by atoms with Crippen molar-refractivity contribution in [3.05, 3.63) is 138 Å². The zero-order valence-electron chi connectivity index (χ0n) is 18.7. The molecule has 0 atom stereocenters. The van der Waals surface area contributed by atoms with E-state index in [1.807, 2.05) is 72.8 Å². The summed E-state index contributed by atoms with van der Waals surface area (Å²) in [6.45, 7) is 5.79. The van der Waals surface area contributed by atoms with Gasteiger partial charge in [-0.1, -0.05) is 97.6 Å². The highest BCUT2D eigenvalue weighted by Crippen LogP contribution is 2.25. The standard InChI is InChI=1S/C30H28O3/c1-2-24-13-15-27(16-14-24)20-31-21-28-17-29(32-22-25-9-5-3-6-10-25)19-30(18-28)33-23-26-11-7-4-8-12-26/h2-19H,1,20-23H2. The lowest BCUT2D eigenvalue weighted by Crippen LogP contribution is -2.00. The molecule has 0 N–H and O–H groups in total. The predicted octanol–water partition coefficient (Wildman–Crippen LogP) is 7.20. The number of benzene rings is 4. The van der Waals surface area contributed by atoms with E-state index in [1.165, 1.54) is 0 Å². The molecule has 0 aliphatic rings. The molecule has 33 heavy (non-hydrogen) atoms. The summed E-state index contributed by atoms with van der Waals surface area (Å²) in [5.74, 6) is 1.52. The van der Waals surface area contributed by atoms with Crippen molar-refractivity contribution < 1.29 is 14.2 Å². The summed E-state index contributed by atoms with van der Waals surface area (Å²) < 4.78 is 18.1. The quantitative estimate of drug-likeness (QED) is 0.249. The molecule has 0 saturated carbocycles. The van der Waals surface area contributed by atoms with Gasteiger partial charge in [-0.2, -0.15) is 0 Å². The van der Waals surface area contributed by atoms with E-state index in [4.69, 9.17) is 14.2 Å². The van der Waals surface area contributed by atoms with E-state index in [-0.39, 0.29) is 0 Å². The van der Waals surface area contributed by atoms with Gasteiger partial charge in [0.1, 0.15) is 24.7 Å². The Kier molecular flexibility index (Phi) is 7.93. The van der Waals surface area contributed by atoms with Gasteiger partial charge >= 0.3 is 0 Å². The fourth-order valence-corrected chi connectivity index (χ4v) is 3.40. The van der Waals surface area contributed by atoms with Crippen molar-refractivity contribution >= 4 is 6.08 Å². The van der Waals surface area contributed by atoms with Gasteiger partial charge in [0, 0.05) is 6.07 Å². The normalized spacial score (nSPS) is 10.5. The molecule has 0 radical (unpaired) electrons. The lowest BCUT2D eigenvalue weighted by molar-refractivity contribution is 0.106. The molecule has 3 heteroatoms. The van der Waals surface area contributed by atoms with Gasteiger partial charge in [-0.15, -0.1) is 0 Å². The van der Waals surface area contributed by atoms with E-state index in [0.717, 1.165) is 39.3 Å². The maximum atomic E-state index is 6.07. The monoisotopic (exact) mass is 436 g/mol. The Morgan fingerprint density at radius 2 is 1.00 bits per heavy atom. The van der Waals surface area contributed by atoms with Crippen LogP contribution in [-0.2, 0) is 31.2 Å². The van der Waals surface area contributed by atoms with Gasteiger partial charge in [0.2, 0.25) is 0 Å². The van der Waals surface area contributed by atoms with E-state index in [9.17, 15) is 0 Å². The van der Waals surface area contributed by atoms with E-state index < -0.39 is 0 Å². The molecule has 0 aromatic heterocycles. The van der Waals surface area contributed by atoms with Crippen molar-refractivity contribution in [2.45, 2.75) is 26.4 Å². The van der Waals surface area contributed by atoms with Crippen LogP contribution in [0.25, 0.3) is 6.08 Å². The molecule has 4 aromatic rings. The molecular weight excluding hydrogens is 408 g/mol. The van der Waals surface area contributed by atoms with Gasteiger partial charge in [0.05, 0.1) is 13.2 Å². The number of ether oxygens (including phenoxy) is 3. The molecule has 0 saturated heterocycles. The van der Waals surface area contributed by atoms with Crippen molar-refractivity contribution in [2.75, 3.05) is 0 Å². The fraction of sp³-hybridized carbons (Fsp3) is 0.133. The van der Waals surface area contributed by atoms with Gasteiger partial charge in [0.15, 0.2) is 0 Å². The first-order valence-electron chi connectivity index (χ1n) is 11.0. The molecule has 3 nitrogen and oxygen atoms in total. The van der Waals surface area contributed by atoms with Crippen LogP contribution in [0.5, 0.6) is 11.5 Å². The summed E-state index contributed by atoms with van der Waals surface area (Å²) in [6, 6.07) is 34.4. The van der Waals surface area contributed by atoms with Crippen molar-refractivity contribution in [1.82, 2.24) is 0 Å². The molecular formula is C30H28O3. The van der Waals surface area contributed by atoms with Crippen molar-refractivity contribution in [2.24, 2.45) is 0 Å². The first-order valence-corrected chi connectivity index (χ1v) is 11.0. The van der Waals surface area contributed by atoms with Crippen molar-refractivity contribution in [1.29, 1.82) is 0 Å².